The molecule has 0 aliphatic carbocycles. The minimum atomic E-state index is -5.09. The SMILES string of the molecule is Fc1c(F)c(F)c(C2=CC(c3ccccc3)=[O+][B-](F)(F)O2)c(F)c1F. The molecule has 0 saturated heterocycles. The van der Waals surface area contributed by atoms with Crippen LogP contribution in [0.2, 0.25) is 0 Å². The Morgan fingerprint density at radius 1 is 0.760 bits per heavy atom. The number of ketones is 1. The number of hydrogen-bond acceptors (Lipinski definition) is 1. The molecule has 1 aliphatic heterocycles. The Balaban J connectivity index is 2.22. The quantitative estimate of drug-likeness (QED) is 0.253. The molecule has 130 valence electrons. The summed E-state index contributed by atoms with van der Waals surface area (Å²) in [6.07, 6.45) is 0.632. The molecule has 0 fully saturated rings. The van der Waals surface area contributed by atoms with Gasteiger partial charge in [0.15, 0.2) is 23.3 Å². The molecule has 3 rings (SSSR count). The van der Waals surface area contributed by atoms with Gasteiger partial charge >= 0.3 is 7.11 Å². The van der Waals surface area contributed by atoms with Gasteiger partial charge in [-0.1, -0.05) is 18.2 Å². The van der Waals surface area contributed by atoms with Gasteiger partial charge in [-0.2, -0.15) is 0 Å². The molecule has 0 amide bonds. The lowest BCUT2D eigenvalue weighted by molar-refractivity contribution is -0.183. The molecular weight excluding hydrogens is 356 g/mol. The number of carbonyl (C=O) groups excluding carboxylic acids is 1. The van der Waals surface area contributed by atoms with Gasteiger partial charge in [0.2, 0.25) is 5.82 Å². The lowest BCUT2D eigenvalue weighted by Gasteiger charge is -2.21. The summed E-state index contributed by atoms with van der Waals surface area (Å²) >= 11 is 0. The van der Waals surface area contributed by atoms with E-state index >= 15 is 0 Å². The van der Waals surface area contributed by atoms with Crippen molar-refractivity contribution >= 4 is 18.6 Å². The lowest BCUT2D eigenvalue weighted by Crippen LogP contribution is -2.31. The molecule has 0 radical (unpaired) electrons. The minimum absolute atomic E-state index is 0.0914. The van der Waals surface area contributed by atoms with E-state index in [4.69, 9.17) is 0 Å². The summed E-state index contributed by atoms with van der Waals surface area (Å²) in [5.41, 5.74) is -1.51. The third kappa shape index (κ3) is 2.99. The van der Waals surface area contributed by atoms with Crippen molar-refractivity contribution in [1.82, 2.24) is 0 Å². The van der Waals surface area contributed by atoms with Crippen LogP contribution >= 0.6 is 0 Å². The average Bonchev–Trinajstić information content (AvgIpc) is 2.58. The van der Waals surface area contributed by atoms with Crippen LogP contribution in [0.3, 0.4) is 0 Å². The summed E-state index contributed by atoms with van der Waals surface area (Å²) in [5.74, 6) is -13.3. The molecule has 1 aliphatic rings. The van der Waals surface area contributed by atoms with E-state index in [1.54, 1.807) is 6.07 Å². The molecule has 1 heterocycles. The maximum Gasteiger partial charge on any atom is 0.995 e. The fourth-order valence-corrected chi connectivity index (χ4v) is 2.21. The van der Waals surface area contributed by atoms with Gasteiger partial charge in [-0.25, -0.2) is 22.0 Å². The van der Waals surface area contributed by atoms with E-state index in [2.05, 4.69) is 9.00 Å². The highest BCUT2D eigenvalue weighted by molar-refractivity contribution is 6.52. The van der Waals surface area contributed by atoms with Gasteiger partial charge < -0.3 is 17.6 Å². The van der Waals surface area contributed by atoms with Crippen molar-refractivity contribution in [3.8, 4) is 0 Å². The third-order valence-electron chi connectivity index (χ3n) is 3.31. The summed E-state index contributed by atoms with van der Waals surface area (Å²) in [6, 6.07) is 7.21. The molecule has 0 saturated carbocycles. The Labute approximate surface area is 135 Å². The Morgan fingerprint density at radius 2 is 1.28 bits per heavy atom. The number of halogens is 7. The number of allylic oxidation sites excluding steroid dienone is 1. The molecule has 0 unspecified atom stereocenters. The van der Waals surface area contributed by atoms with Crippen molar-refractivity contribution in [3.63, 3.8) is 0 Å². The molecule has 0 atom stereocenters. The normalized spacial score (nSPS) is 16.1. The molecule has 0 aromatic heterocycles. The first-order chi connectivity index (χ1) is 11.7. The zero-order valence-corrected chi connectivity index (χ0v) is 12.0. The van der Waals surface area contributed by atoms with Crippen LogP contribution in [0.1, 0.15) is 15.5 Å². The molecule has 10 heteroatoms. The lowest BCUT2D eigenvalue weighted by atomic mass is 10.0. The zero-order chi connectivity index (χ0) is 18.4. The highest BCUT2D eigenvalue weighted by atomic mass is 19.3. The first kappa shape index (κ1) is 17.1. The van der Waals surface area contributed by atoms with Crippen LogP contribution < -0.4 is 0 Å². The van der Waals surface area contributed by atoms with Crippen LogP contribution in [-0.4, -0.2) is 12.9 Å². The Kier molecular flexibility index (Phi) is 4.06. The number of rotatable bonds is 2. The number of benzene rings is 2. The summed E-state index contributed by atoms with van der Waals surface area (Å²) in [6.45, 7) is 0. The smallest absolute Gasteiger partial charge is 0.569 e. The molecule has 2 aromatic carbocycles. The molecule has 25 heavy (non-hydrogen) atoms. The van der Waals surface area contributed by atoms with Crippen molar-refractivity contribution in [2.75, 3.05) is 0 Å². The van der Waals surface area contributed by atoms with Crippen LogP contribution in [0.25, 0.3) is 5.76 Å². The van der Waals surface area contributed by atoms with E-state index in [9.17, 15) is 30.6 Å². The fraction of sp³-hybridized carbons (Fsp3) is 0. The highest BCUT2D eigenvalue weighted by Gasteiger charge is 2.54. The van der Waals surface area contributed by atoms with E-state index in [-0.39, 0.29) is 5.56 Å². The number of hydrogen-bond donors (Lipinski definition) is 0. The fourth-order valence-electron chi connectivity index (χ4n) is 2.21. The third-order valence-corrected chi connectivity index (χ3v) is 3.31. The molecule has 0 bridgehead atoms. The minimum Gasteiger partial charge on any atom is -0.569 e. The molecule has 2 aromatic rings. The van der Waals surface area contributed by atoms with E-state index in [1.807, 2.05) is 0 Å². The second-order valence-electron chi connectivity index (χ2n) is 4.95. The van der Waals surface area contributed by atoms with Crippen molar-refractivity contribution < 1.29 is 39.6 Å². The summed E-state index contributed by atoms with van der Waals surface area (Å²) in [4.78, 5) is 0. The van der Waals surface area contributed by atoms with Crippen LogP contribution in [0.15, 0.2) is 36.4 Å². The molecule has 0 spiro atoms. The van der Waals surface area contributed by atoms with Crippen LogP contribution in [0.5, 0.6) is 0 Å². The molecule has 0 N–H and O–H groups in total. The maximum atomic E-state index is 13.8. The Hall–Kier alpha value is -2.78. The van der Waals surface area contributed by atoms with Crippen molar-refractivity contribution in [3.05, 3.63) is 76.6 Å². The molecular formula is C15H6BF7O2. The predicted molar refractivity (Wildman–Crippen MR) is 74.0 cm³/mol. The van der Waals surface area contributed by atoms with Gasteiger partial charge in [-0.15, -0.1) is 0 Å². The first-order valence-corrected chi connectivity index (χ1v) is 6.75. The summed E-state index contributed by atoms with van der Waals surface area (Å²) in [5, 5.41) is 0. The van der Waals surface area contributed by atoms with Gasteiger partial charge in [0, 0.05) is 0 Å². The monoisotopic (exact) mass is 362 g/mol. The standard InChI is InChI=1S/C15H6BF7O2/c17-11-10(12(18)14(20)15(21)13(11)19)9-6-8(24-16(22,23)25-9)7-4-2-1-3-5-7/h1-6H. The van der Waals surface area contributed by atoms with E-state index < -0.39 is 53.3 Å². The maximum absolute atomic E-state index is 13.8. The highest BCUT2D eigenvalue weighted by Crippen LogP contribution is 2.34. The van der Waals surface area contributed by atoms with Gasteiger partial charge in [-0.3, -0.25) is 0 Å². The molecule has 2 nitrogen and oxygen atoms in total. The van der Waals surface area contributed by atoms with Gasteiger partial charge in [0.05, 0.1) is 17.2 Å². The average molecular weight is 362 g/mol. The second-order valence-corrected chi connectivity index (χ2v) is 4.95. The van der Waals surface area contributed by atoms with Crippen LogP contribution in [-0.2, 0) is 4.65 Å². The second kappa shape index (κ2) is 5.94. The first-order valence-electron chi connectivity index (χ1n) is 6.75. The van der Waals surface area contributed by atoms with Crippen molar-refractivity contribution in [2.45, 2.75) is 0 Å². The van der Waals surface area contributed by atoms with Gasteiger partial charge in [0.25, 0.3) is 5.78 Å². The van der Waals surface area contributed by atoms with E-state index in [1.165, 1.54) is 24.3 Å². The van der Waals surface area contributed by atoms with Gasteiger partial charge in [-0.05, 0) is 12.1 Å². The van der Waals surface area contributed by atoms with Crippen molar-refractivity contribution in [1.29, 1.82) is 0 Å². The largest absolute Gasteiger partial charge is 0.995 e. The van der Waals surface area contributed by atoms with Crippen molar-refractivity contribution in [2.24, 2.45) is 0 Å². The zero-order valence-electron chi connectivity index (χ0n) is 12.0. The Morgan fingerprint density at radius 3 is 1.84 bits per heavy atom. The predicted octanol–water partition coefficient (Wildman–Crippen LogP) is 4.55. The summed E-state index contributed by atoms with van der Waals surface area (Å²) < 4.78 is 103. The van der Waals surface area contributed by atoms with E-state index in [0.717, 1.165) is 0 Å². The van der Waals surface area contributed by atoms with E-state index in [0.29, 0.717) is 6.08 Å². The van der Waals surface area contributed by atoms with Crippen LogP contribution in [0.4, 0.5) is 30.6 Å². The van der Waals surface area contributed by atoms with Crippen LogP contribution in [0, 0.1) is 29.1 Å². The Bertz CT molecular complexity index is 881. The topological polar surface area (TPSA) is 20.5 Å². The van der Waals surface area contributed by atoms with Gasteiger partial charge in [0.1, 0.15) is 5.76 Å². The summed E-state index contributed by atoms with van der Waals surface area (Å²) in [7, 11) is -5.09.